The standard InChI is InChI=1S/C9H7BrF3NOS/c1-5(15)14-7-3-2-6(10)4-8(7)16-9(11,12)13/h2-4H,1H3,(H,14,15). The van der Waals surface area contributed by atoms with Crippen molar-refractivity contribution in [3.63, 3.8) is 0 Å². The molecule has 1 rings (SSSR count). The summed E-state index contributed by atoms with van der Waals surface area (Å²) in [5, 5.41) is 2.34. The van der Waals surface area contributed by atoms with Gasteiger partial charge < -0.3 is 5.32 Å². The fraction of sp³-hybridized carbons (Fsp3) is 0.222. The summed E-state index contributed by atoms with van der Waals surface area (Å²) in [7, 11) is 0. The van der Waals surface area contributed by atoms with Crippen LogP contribution in [0.4, 0.5) is 18.9 Å². The molecule has 1 N–H and O–H groups in total. The molecule has 2 nitrogen and oxygen atoms in total. The van der Waals surface area contributed by atoms with E-state index in [1.807, 2.05) is 0 Å². The van der Waals surface area contributed by atoms with Crippen molar-refractivity contribution in [2.24, 2.45) is 0 Å². The molecule has 0 bridgehead atoms. The van der Waals surface area contributed by atoms with E-state index in [-0.39, 0.29) is 22.3 Å². The first-order chi connectivity index (χ1) is 7.28. The molecule has 0 atom stereocenters. The van der Waals surface area contributed by atoms with Gasteiger partial charge in [-0.25, -0.2) is 0 Å². The highest BCUT2D eigenvalue weighted by Crippen LogP contribution is 2.41. The molecule has 0 aliphatic rings. The zero-order valence-corrected chi connectivity index (χ0v) is 10.5. The van der Waals surface area contributed by atoms with Crippen molar-refractivity contribution >= 4 is 39.3 Å². The van der Waals surface area contributed by atoms with Crippen LogP contribution < -0.4 is 5.32 Å². The number of nitrogens with one attached hydrogen (secondary N) is 1. The average Bonchev–Trinajstić information content (AvgIpc) is 2.06. The summed E-state index contributed by atoms with van der Waals surface area (Å²) >= 11 is 2.82. The first-order valence-corrected chi connectivity index (χ1v) is 5.72. The molecule has 0 heterocycles. The number of alkyl halides is 3. The first-order valence-electron chi connectivity index (χ1n) is 4.11. The third-order valence-electron chi connectivity index (χ3n) is 1.48. The van der Waals surface area contributed by atoms with E-state index in [2.05, 4.69) is 21.2 Å². The number of rotatable bonds is 2. The predicted octanol–water partition coefficient (Wildman–Crippen LogP) is 4.02. The topological polar surface area (TPSA) is 29.1 Å². The molecule has 0 aromatic heterocycles. The maximum Gasteiger partial charge on any atom is 0.446 e. The van der Waals surface area contributed by atoms with E-state index in [4.69, 9.17) is 0 Å². The maximum atomic E-state index is 12.2. The van der Waals surface area contributed by atoms with Crippen molar-refractivity contribution in [1.82, 2.24) is 0 Å². The zero-order valence-electron chi connectivity index (χ0n) is 8.06. The SMILES string of the molecule is CC(=O)Nc1ccc(Br)cc1SC(F)(F)F. The smallest absolute Gasteiger partial charge is 0.325 e. The van der Waals surface area contributed by atoms with Gasteiger partial charge in [0, 0.05) is 16.3 Å². The lowest BCUT2D eigenvalue weighted by Gasteiger charge is -2.11. The second-order valence-electron chi connectivity index (χ2n) is 2.87. The Kier molecular flexibility index (Phi) is 4.26. The van der Waals surface area contributed by atoms with Crippen LogP contribution in [-0.2, 0) is 4.79 Å². The lowest BCUT2D eigenvalue weighted by atomic mass is 10.3. The number of hydrogen-bond acceptors (Lipinski definition) is 2. The number of anilines is 1. The van der Waals surface area contributed by atoms with E-state index >= 15 is 0 Å². The summed E-state index contributed by atoms with van der Waals surface area (Å²) in [6.07, 6.45) is 0. The van der Waals surface area contributed by atoms with E-state index < -0.39 is 11.4 Å². The molecule has 1 amide bonds. The van der Waals surface area contributed by atoms with Gasteiger partial charge in [-0.3, -0.25) is 4.79 Å². The lowest BCUT2D eigenvalue weighted by Crippen LogP contribution is -2.08. The van der Waals surface area contributed by atoms with Crippen LogP contribution >= 0.6 is 27.7 Å². The number of halogens is 4. The average molecular weight is 314 g/mol. The van der Waals surface area contributed by atoms with Crippen LogP contribution in [0.25, 0.3) is 0 Å². The Labute approximate surface area is 103 Å². The monoisotopic (exact) mass is 313 g/mol. The van der Waals surface area contributed by atoms with Gasteiger partial charge in [-0.05, 0) is 30.0 Å². The summed E-state index contributed by atoms with van der Waals surface area (Å²) in [6, 6.07) is 4.29. The molecular formula is C9H7BrF3NOS. The van der Waals surface area contributed by atoms with E-state index in [9.17, 15) is 18.0 Å². The molecule has 7 heteroatoms. The summed E-state index contributed by atoms with van der Waals surface area (Å²) in [6.45, 7) is 1.24. The second-order valence-corrected chi connectivity index (χ2v) is 4.89. The molecule has 0 fully saturated rings. The van der Waals surface area contributed by atoms with Gasteiger partial charge in [0.2, 0.25) is 5.91 Å². The molecule has 1 aromatic carbocycles. The summed E-state index contributed by atoms with van der Waals surface area (Å²) in [4.78, 5) is 10.8. The second kappa shape index (κ2) is 5.09. The van der Waals surface area contributed by atoms with Gasteiger partial charge in [0.15, 0.2) is 0 Å². The molecule has 0 aliphatic heterocycles. The van der Waals surface area contributed by atoms with Gasteiger partial charge in [0.05, 0.1) is 5.69 Å². The number of benzene rings is 1. The molecule has 1 aromatic rings. The van der Waals surface area contributed by atoms with E-state index in [0.29, 0.717) is 4.47 Å². The molecule has 0 radical (unpaired) electrons. The quantitative estimate of drug-likeness (QED) is 0.836. The van der Waals surface area contributed by atoms with Crippen molar-refractivity contribution in [2.75, 3.05) is 5.32 Å². The van der Waals surface area contributed by atoms with Crippen LogP contribution in [0.5, 0.6) is 0 Å². The highest BCUT2D eigenvalue weighted by atomic mass is 79.9. The van der Waals surface area contributed by atoms with Gasteiger partial charge >= 0.3 is 5.51 Å². The molecule has 0 saturated heterocycles. The molecule has 16 heavy (non-hydrogen) atoms. The van der Waals surface area contributed by atoms with Crippen LogP contribution in [0.2, 0.25) is 0 Å². The zero-order chi connectivity index (χ0) is 12.3. The Morgan fingerprint density at radius 3 is 2.56 bits per heavy atom. The van der Waals surface area contributed by atoms with E-state index in [1.165, 1.54) is 19.1 Å². The van der Waals surface area contributed by atoms with Gasteiger partial charge in [-0.1, -0.05) is 15.9 Å². The van der Waals surface area contributed by atoms with Crippen molar-refractivity contribution < 1.29 is 18.0 Å². The Bertz CT molecular complexity index is 408. The van der Waals surface area contributed by atoms with Crippen LogP contribution in [0.3, 0.4) is 0 Å². The van der Waals surface area contributed by atoms with Gasteiger partial charge in [0.25, 0.3) is 0 Å². The van der Waals surface area contributed by atoms with Crippen molar-refractivity contribution in [2.45, 2.75) is 17.3 Å². The van der Waals surface area contributed by atoms with Crippen LogP contribution in [-0.4, -0.2) is 11.4 Å². The maximum absolute atomic E-state index is 12.2. The number of hydrogen-bond donors (Lipinski definition) is 1. The highest BCUT2D eigenvalue weighted by molar-refractivity contribution is 9.10. The molecular weight excluding hydrogens is 307 g/mol. The number of carbonyl (C=O) groups is 1. The Balaban J connectivity index is 3.03. The van der Waals surface area contributed by atoms with Crippen LogP contribution in [0.1, 0.15) is 6.92 Å². The number of amides is 1. The molecule has 0 aliphatic carbocycles. The van der Waals surface area contributed by atoms with E-state index in [1.54, 1.807) is 6.07 Å². The summed E-state index contributed by atoms with van der Waals surface area (Å²) < 4.78 is 37.2. The Morgan fingerprint density at radius 2 is 2.06 bits per heavy atom. The summed E-state index contributed by atoms with van der Waals surface area (Å²) in [5.74, 6) is -0.411. The Hall–Kier alpha value is -0.690. The highest BCUT2D eigenvalue weighted by Gasteiger charge is 2.30. The predicted molar refractivity (Wildman–Crippen MR) is 60.4 cm³/mol. The lowest BCUT2D eigenvalue weighted by molar-refractivity contribution is -0.114. The van der Waals surface area contributed by atoms with Crippen LogP contribution in [0, 0.1) is 0 Å². The fourth-order valence-electron chi connectivity index (χ4n) is 0.998. The van der Waals surface area contributed by atoms with Crippen molar-refractivity contribution in [3.05, 3.63) is 22.7 Å². The molecule has 0 unspecified atom stereocenters. The number of thioether (sulfide) groups is 1. The molecule has 0 saturated carbocycles. The van der Waals surface area contributed by atoms with Gasteiger partial charge in [0.1, 0.15) is 0 Å². The largest absolute Gasteiger partial charge is 0.446 e. The minimum atomic E-state index is -4.38. The van der Waals surface area contributed by atoms with E-state index in [0.717, 1.165) is 0 Å². The molecule has 88 valence electrons. The number of carbonyl (C=O) groups excluding carboxylic acids is 1. The third kappa shape index (κ3) is 4.44. The first kappa shape index (κ1) is 13.4. The third-order valence-corrected chi connectivity index (χ3v) is 2.76. The van der Waals surface area contributed by atoms with Crippen molar-refractivity contribution in [1.29, 1.82) is 0 Å². The summed E-state index contributed by atoms with van der Waals surface area (Å²) in [5.41, 5.74) is -4.23. The van der Waals surface area contributed by atoms with Crippen molar-refractivity contribution in [3.8, 4) is 0 Å². The Morgan fingerprint density at radius 1 is 1.44 bits per heavy atom. The van der Waals surface area contributed by atoms with Gasteiger partial charge in [-0.15, -0.1) is 0 Å². The van der Waals surface area contributed by atoms with Gasteiger partial charge in [-0.2, -0.15) is 13.2 Å². The minimum absolute atomic E-state index is 0.0444. The minimum Gasteiger partial charge on any atom is -0.325 e. The normalized spacial score (nSPS) is 11.3. The van der Waals surface area contributed by atoms with Crippen LogP contribution in [0.15, 0.2) is 27.6 Å². The molecule has 0 spiro atoms. The fourth-order valence-corrected chi connectivity index (χ4v) is 2.18.